The van der Waals surface area contributed by atoms with Crippen LogP contribution in [0.25, 0.3) is 0 Å². The summed E-state index contributed by atoms with van der Waals surface area (Å²) in [6, 6.07) is 0.0127. The summed E-state index contributed by atoms with van der Waals surface area (Å²) in [5, 5.41) is 0. The van der Waals surface area contributed by atoms with Crippen molar-refractivity contribution in [1.29, 1.82) is 0 Å². The van der Waals surface area contributed by atoms with Crippen molar-refractivity contribution < 1.29 is 4.79 Å². The Hall–Kier alpha value is -0.870. The van der Waals surface area contributed by atoms with Crippen LogP contribution in [-0.2, 0) is 4.79 Å². The van der Waals surface area contributed by atoms with E-state index in [1.807, 2.05) is 17.9 Å². The Balaban J connectivity index is 2.30. The van der Waals surface area contributed by atoms with Gasteiger partial charge in [0.15, 0.2) is 0 Å². The molecule has 1 atom stereocenters. The monoisotopic (exact) mass is 225 g/mol. The van der Waals surface area contributed by atoms with Gasteiger partial charge in [0.05, 0.1) is 0 Å². The number of carbonyl (C=O) groups excluding carboxylic acids is 1. The van der Waals surface area contributed by atoms with Gasteiger partial charge >= 0.3 is 0 Å². The molecule has 0 aromatic rings. The van der Waals surface area contributed by atoms with Gasteiger partial charge in [-0.05, 0) is 6.42 Å². The van der Waals surface area contributed by atoms with Gasteiger partial charge in [0.25, 0.3) is 0 Å². The molecule has 1 unspecified atom stereocenters. The lowest BCUT2D eigenvalue weighted by atomic mass is 10.1. The van der Waals surface area contributed by atoms with Crippen molar-refractivity contribution >= 4 is 5.91 Å². The van der Waals surface area contributed by atoms with E-state index < -0.39 is 0 Å². The first-order valence-electron chi connectivity index (χ1n) is 6.04. The van der Waals surface area contributed by atoms with E-state index in [0.29, 0.717) is 6.42 Å². The van der Waals surface area contributed by atoms with Crippen LogP contribution in [0.15, 0.2) is 12.7 Å². The molecule has 2 N–H and O–H groups in total. The summed E-state index contributed by atoms with van der Waals surface area (Å²) in [5.41, 5.74) is 5.78. The predicted octanol–water partition coefficient (Wildman–Crippen LogP) is 0.444. The molecule has 0 aliphatic carbocycles. The van der Waals surface area contributed by atoms with Crippen LogP contribution in [0, 0.1) is 0 Å². The van der Waals surface area contributed by atoms with Crippen molar-refractivity contribution in [2.75, 3.05) is 32.7 Å². The number of hydrogen-bond acceptors (Lipinski definition) is 3. The van der Waals surface area contributed by atoms with Crippen LogP contribution >= 0.6 is 0 Å². The molecule has 4 nitrogen and oxygen atoms in total. The molecule has 1 heterocycles. The maximum absolute atomic E-state index is 11.8. The second-order valence-electron chi connectivity index (χ2n) is 4.34. The van der Waals surface area contributed by atoms with Crippen LogP contribution in [0.3, 0.4) is 0 Å². The summed E-state index contributed by atoms with van der Waals surface area (Å²) in [6.45, 7) is 10.2. The van der Waals surface area contributed by atoms with Crippen LogP contribution in [-0.4, -0.2) is 54.5 Å². The van der Waals surface area contributed by atoms with Crippen LogP contribution in [0.5, 0.6) is 0 Å². The highest BCUT2D eigenvalue weighted by atomic mass is 16.2. The summed E-state index contributed by atoms with van der Waals surface area (Å²) in [5.74, 6) is 0.201. The zero-order valence-electron chi connectivity index (χ0n) is 10.2. The summed E-state index contributed by atoms with van der Waals surface area (Å²) in [4.78, 5) is 16.1. The van der Waals surface area contributed by atoms with Crippen LogP contribution < -0.4 is 5.73 Å². The lowest BCUT2D eigenvalue weighted by Gasteiger charge is -2.34. The normalized spacial score (nSPS) is 19.5. The van der Waals surface area contributed by atoms with Gasteiger partial charge in [0.2, 0.25) is 5.91 Å². The molecule has 1 saturated heterocycles. The third-order valence-electron chi connectivity index (χ3n) is 3.07. The molecule has 1 rings (SSSR count). The first kappa shape index (κ1) is 13.2. The Morgan fingerprint density at radius 3 is 2.56 bits per heavy atom. The Labute approximate surface area is 98.1 Å². The number of carbonyl (C=O) groups is 1. The van der Waals surface area contributed by atoms with Crippen molar-refractivity contribution in [1.82, 2.24) is 9.80 Å². The number of amides is 1. The summed E-state index contributed by atoms with van der Waals surface area (Å²) in [6.07, 6.45) is 3.25. The van der Waals surface area contributed by atoms with E-state index in [-0.39, 0.29) is 11.9 Å². The molecule has 0 aromatic heterocycles. The van der Waals surface area contributed by atoms with Crippen molar-refractivity contribution in [3.8, 4) is 0 Å². The number of rotatable bonds is 5. The Bertz CT molecular complexity index is 234. The maximum Gasteiger partial charge on any atom is 0.224 e. The lowest BCUT2D eigenvalue weighted by Crippen LogP contribution is -2.49. The van der Waals surface area contributed by atoms with Gasteiger partial charge in [-0.25, -0.2) is 0 Å². The third kappa shape index (κ3) is 3.94. The van der Waals surface area contributed by atoms with Gasteiger partial charge in [-0.3, -0.25) is 9.69 Å². The van der Waals surface area contributed by atoms with Gasteiger partial charge in [-0.15, -0.1) is 6.58 Å². The Morgan fingerprint density at radius 1 is 1.44 bits per heavy atom. The highest BCUT2D eigenvalue weighted by Gasteiger charge is 2.21. The van der Waals surface area contributed by atoms with Crippen molar-refractivity contribution in [3.63, 3.8) is 0 Å². The third-order valence-corrected chi connectivity index (χ3v) is 3.07. The summed E-state index contributed by atoms with van der Waals surface area (Å²) >= 11 is 0. The number of nitrogens with two attached hydrogens (primary N) is 1. The fourth-order valence-electron chi connectivity index (χ4n) is 1.86. The SMILES string of the molecule is C=CCN1CCN(C(=O)CC(N)CC)CC1. The minimum absolute atomic E-state index is 0.0127. The van der Waals surface area contributed by atoms with E-state index in [1.165, 1.54) is 0 Å². The first-order valence-corrected chi connectivity index (χ1v) is 6.04. The lowest BCUT2D eigenvalue weighted by molar-refractivity contribution is -0.133. The number of nitrogens with zero attached hydrogens (tertiary/aromatic N) is 2. The minimum Gasteiger partial charge on any atom is -0.340 e. The van der Waals surface area contributed by atoms with Gasteiger partial charge < -0.3 is 10.6 Å². The number of hydrogen-bond donors (Lipinski definition) is 1. The molecule has 0 spiro atoms. The largest absolute Gasteiger partial charge is 0.340 e. The Kier molecular flexibility index (Phi) is 5.49. The van der Waals surface area contributed by atoms with Crippen molar-refractivity contribution in [2.24, 2.45) is 5.73 Å². The molecule has 0 aromatic carbocycles. The molecule has 1 fully saturated rings. The average Bonchev–Trinajstić information content (AvgIpc) is 2.30. The highest BCUT2D eigenvalue weighted by Crippen LogP contribution is 2.05. The topological polar surface area (TPSA) is 49.6 Å². The van der Waals surface area contributed by atoms with E-state index in [1.54, 1.807) is 0 Å². The van der Waals surface area contributed by atoms with Crippen LogP contribution in [0.2, 0.25) is 0 Å². The zero-order valence-corrected chi connectivity index (χ0v) is 10.2. The molecule has 0 saturated carbocycles. The highest BCUT2D eigenvalue weighted by molar-refractivity contribution is 5.76. The molecular formula is C12H23N3O. The average molecular weight is 225 g/mol. The maximum atomic E-state index is 11.8. The molecule has 1 aliphatic rings. The summed E-state index contributed by atoms with van der Waals surface area (Å²) in [7, 11) is 0. The Morgan fingerprint density at radius 2 is 2.06 bits per heavy atom. The van der Waals surface area contributed by atoms with Gasteiger partial charge in [-0.1, -0.05) is 13.0 Å². The molecule has 0 radical (unpaired) electrons. The van der Waals surface area contributed by atoms with E-state index in [2.05, 4.69) is 11.5 Å². The molecule has 1 aliphatic heterocycles. The molecule has 92 valence electrons. The van der Waals surface area contributed by atoms with E-state index in [9.17, 15) is 4.79 Å². The van der Waals surface area contributed by atoms with Crippen molar-refractivity contribution in [3.05, 3.63) is 12.7 Å². The molecule has 4 heteroatoms. The van der Waals surface area contributed by atoms with E-state index >= 15 is 0 Å². The van der Waals surface area contributed by atoms with Gasteiger partial charge in [0.1, 0.15) is 0 Å². The predicted molar refractivity (Wildman–Crippen MR) is 66.1 cm³/mol. The van der Waals surface area contributed by atoms with Crippen molar-refractivity contribution in [2.45, 2.75) is 25.8 Å². The standard InChI is InChI=1S/C12H23N3O/c1-3-5-14-6-8-15(9-7-14)12(16)10-11(13)4-2/h3,11H,1,4-10,13H2,2H3. The van der Waals surface area contributed by atoms with Gasteiger partial charge in [-0.2, -0.15) is 0 Å². The fourth-order valence-corrected chi connectivity index (χ4v) is 1.86. The van der Waals surface area contributed by atoms with Crippen LogP contribution in [0.4, 0.5) is 0 Å². The minimum atomic E-state index is 0.0127. The number of piperazine rings is 1. The smallest absolute Gasteiger partial charge is 0.224 e. The fraction of sp³-hybridized carbons (Fsp3) is 0.750. The summed E-state index contributed by atoms with van der Waals surface area (Å²) < 4.78 is 0. The first-order chi connectivity index (χ1) is 7.67. The molecular weight excluding hydrogens is 202 g/mol. The molecule has 1 amide bonds. The van der Waals surface area contributed by atoms with E-state index in [0.717, 1.165) is 39.1 Å². The van der Waals surface area contributed by atoms with Gasteiger partial charge in [0, 0.05) is 45.2 Å². The molecule has 16 heavy (non-hydrogen) atoms. The second kappa shape index (κ2) is 6.66. The zero-order chi connectivity index (χ0) is 12.0. The quantitative estimate of drug-likeness (QED) is 0.691. The van der Waals surface area contributed by atoms with E-state index in [4.69, 9.17) is 5.73 Å². The molecule has 0 bridgehead atoms. The second-order valence-corrected chi connectivity index (χ2v) is 4.34. The van der Waals surface area contributed by atoms with Crippen LogP contribution in [0.1, 0.15) is 19.8 Å².